The van der Waals surface area contributed by atoms with Gasteiger partial charge in [-0.25, -0.2) is 0 Å². The summed E-state index contributed by atoms with van der Waals surface area (Å²) in [4.78, 5) is 30.3. The molecular formula is C22H28N4O3. The van der Waals surface area contributed by atoms with E-state index in [0.29, 0.717) is 17.8 Å². The van der Waals surface area contributed by atoms with Crippen LogP contribution < -0.4 is 15.0 Å². The number of rotatable bonds is 6. The summed E-state index contributed by atoms with van der Waals surface area (Å²) in [7, 11) is 5.09. The van der Waals surface area contributed by atoms with Crippen LogP contribution in [0.25, 0.3) is 0 Å². The Morgan fingerprint density at radius 3 is 2.14 bits per heavy atom. The molecule has 0 saturated carbocycles. The maximum absolute atomic E-state index is 12.4. The molecule has 1 saturated heterocycles. The number of piperazine rings is 1. The third kappa shape index (κ3) is 5.48. The third-order valence-corrected chi connectivity index (χ3v) is 5.00. The van der Waals surface area contributed by atoms with Crippen LogP contribution in [0.5, 0.6) is 5.75 Å². The molecule has 2 aromatic carbocycles. The van der Waals surface area contributed by atoms with Crippen LogP contribution in [0.3, 0.4) is 0 Å². The first-order valence-electron chi connectivity index (χ1n) is 9.69. The second-order valence-corrected chi connectivity index (χ2v) is 7.29. The number of benzene rings is 2. The number of ether oxygens (including phenoxy) is 1. The first-order valence-corrected chi connectivity index (χ1v) is 9.69. The van der Waals surface area contributed by atoms with Gasteiger partial charge >= 0.3 is 0 Å². The summed E-state index contributed by atoms with van der Waals surface area (Å²) in [6.45, 7) is 3.77. The third-order valence-electron chi connectivity index (χ3n) is 5.00. The van der Waals surface area contributed by atoms with E-state index in [1.807, 2.05) is 12.1 Å². The lowest BCUT2D eigenvalue weighted by atomic mass is 10.2. The van der Waals surface area contributed by atoms with Crippen LogP contribution in [0.15, 0.2) is 48.5 Å². The van der Waals surface area contributed by atoms with Gasteiger partial charge in [0, 0.05) is 57.2 Å². The number of methoxy groups -OCH3 is 1. The average Bonchev–Trinajstić information content (AvgIpc) is 2.74. The van der Waals surface area contributed by atoms with E-state index in [2.05, 4.69) is 27.2 Å². The summed E-state index contributed by atoms with van der Waals surface area (Å²) in [5, 5.41) is 2.91. The Morgan fingerprint density at radius 1 is 0.966 bits per heavy atom. The molecule has 2 aromatic rings. The second kappa shape index (κ2) is 9.43. The van der Waals surface area contributed by atoms with Crippen molar-refractivity contribution in [2.24, 2.45) is 0 Å². The van der Waals surface area contributed by atoms with E-state index in [1.165, 1.54) is 10.6 Å². The number of nitrogens with zero attached hydrogens (tertiary/aromatic N) is 3. The minimum atomic E-state index is -0.0578. The van der Waals surface area contributed by atoms with Gasteiger partial charge in [-0.05, 0) is 48.5 Å². The Kier molecular flexibility index (Phi) is 6.72. The van der Waals surface area contributed by atoms with Gasteiger partial charge in [0.2, 0.25) is 5.91 Å². The van der Waals surface area contributed by atoms with E-state index < -0.39 is 0 Å². The Labute approximate surface area is 171 Å². The second-order valence-electron chi connectivity index (χ2n) is 7.29. The van der Waals surface area contributed by atoms with Crippen molar-refractivity contribution < 1.29 is 14.3 Å². The van der Waals surface area contributed by atoms with Gasteiger partial charge in [-0.3, -0.25) is 14.5 Å². The Balaban J connectivity index is 1.46. The fourth-order valence-corrected chi connectivity index (χ4v) is 3.32. The molecule has 0 atom stereocenters. The van der Waals surface area contributed by atoms with Crippen LogP contribution in [0.2, 0.25) is 0 Å². The van der Waals surface area contributed by atoms with Gasteiger partial charge < -0.3 is 19.9 Å². The number of anilines is 2. The molecule has 7 heteroatoms. The van der Waals surface area contributed by atoms with Crippen molar-refractivity contribution in [3.8, 4) is 5.75 Å². The highest BCUT2D eigenvalue weighted by molar-refractivity contribution is 5.96. The van der Waals surface area contributed by atoms with Crippen LogP contribution in [-0.2, 0) is 4.79 Å². The van der Waals surface area contributed by atoms with Crippen molar-refractivity contribution in [1.82, 2.24) is 9.80 Å². The molecule has 0 aliphatic carbocycles. The Bertz CT molecular complexity index is 826. The van der Waals surface area contributed by atoms with Crippen LogP contribution in [0.1, 0.15) is 10.4 Å². The van der Waals surface area contributed by atoms with Gasteiger partial charge in [-0.2, -0.15) is 0 Å². The van der Waals surface area contributed by atoms with Gasteiger partial charge in [-0.1, -0.05) is 0 Å². The number of hydrogen-bond donors (Lipinski definition) is 1. The van der Waals surface area contributed by atoms with Crippen molar-refractivity contribution in [2.45, 2.75) is 0 Å². The molecule has 0 aromatic heterocycles. The van der Waals surface area contributed by atoms with Gasteiger partial charge in [0.05, 0.1) is 13.7 Å². The summed E-state index contributed by atoms with van der Waals surface area (Å²) >= 11 is 0. The zero-order valence-electron chi connectivity index (χ0n) is 17.2. The normalized spacial score (nSPS) is 14.4. The molecule has 1 fully saturated rings. The Hall–Kier alpha value is -3.06. The number of amides is 2. The van der Waals surface area contributed by atoms with E-state index in [-0.39, 0.29) is 11.8 Å². The minimum absolute atomic E-state index is 0.0467. The minimum Gasteiger partial charge on any atom is -0.497 e. The molecule has 2 amide bonds. The smallest absolute Gasteiger partial charge is 0.253 e. The Morgan fingerprint density at radius 2 is 1.59 bits per heavy atom. The molecule has 1 N–H and O–H groups in total. The van der Waals surface area contributed by atoms with E-state index in [1.54, 1.807) is 45.5 Å². The molecule has 154 valence electrons. The molecular weight excluding hydrogens is 368 g/mol. The highest BCUT2D eigenvalue weighted by atomic mass is 16.5. The van der Waals surface area contributed by atoms with Crippen molar-refractivity contribution in [1.29, 1.82) is 0 Å². The van der Waals surface area contributed by atoms with Gasteiger partial charge in [0.15, 0.2) is 0 Å². The highest BCUT2D eigenvalue weighted by Gasteiger charge is 2.19. The van der Waals surface area contributed by atoms with Crippen LogP contribution in [0, 0.1) is 0 Å². The average molecular weight is 396 g/mol. The fraction of sp³-hybridized carbons (Fsp3) is 0.364. The van der Waals surface area contributed by atoms with E-state index >= 15 is 0 Å². The zero-order valence-corrected chi connectivity index (χ0v) is 17.2. The number of nitrogens with one attached hydrogen (secondary N) is 1. The van der Waals surface area contributed by atoms with E-state index in [4.69, 9.17) is 4.74 Å². The van der Waals surface area contributed by atoms with Gasteiger partial charge in [0.25, 0.3) is 5.91 Å². The summed E-state index contributed by atoms with van der Waals surface area (Å²) in [6.07, 6.45) is 0. The van der Waals surface area contributed by atoms with Crippen molar-refractivity contribution in [3.05, 3.63) is 54.1 Å². The number of carbonyl (C=O) groups is 2. The summed E-state index contributed by atoms with van der Waals surface area (Å²) in [6, 6.07) is 15.0. The molecule has 0 spiro atoms. The van der Waals surface area contributed by atoms with E-state index in [9.17, 15) is 9.59 Å². The van der Waals surface area contributed by atoms with E-state index in [0.717, 1.165) is 31.9 Å². The standard InChI is InChI=1S/C22H28N4O3/c1-24(2)22(28)17-4-6-18(7-5-17)23-21(27)16-25-12-14-26(15-13-25)19-8-10-20(29-3)11-9-19/h4-11H,12-16H2,1-3H3,(H,23,27). The molecule has 0 radical (unpaired) electrons. The monoisotopic (exact) mass is 396 g/mol. The quantitative estimate of drug-likeness (QED) is 0.811. The number of hydrogen-bond acceptors (Lipinski definition) is 5. The van der Waals surface area contributed by atoms with Gasteiger partial charge in [-0.15, -0.1) is 0 Å². The van der Waals surface area contributed by atoms with Crippen molar-refractivity contribution >= 4 is 23.2 Å². The molecule has 1 aliphatic rings. The predicted molar refractivity (Wildman–Crippen MR) is 115 cm³/mol. The summed E-state index contributed by atoms with van der Waals surface area (Å²) < 4.78 is 5.20. The fourth-order valence-electron chi connectivity index (χ4n) is 3.32. The van der Waals surface area contributed by atoms with Crippen LogP contribution in [-0.4, -0.2) is 75.5 Å². The maximum atomic E-state index is 12.4. The largest absolute Gasteiger partial charge is 0.497 e. The first-order chi connectivity index (χ1) is 14.0. The molecule has 29 heavy (non-hydrogen) atoms. The molecule has 0 unspecified atom stereocenters. The maximum Gasteiger partial charge on any atom is 0.253 e. The first kappa shape index (κ1) is 20.7. The van der Waals surface area contributed by atoms with Crippen molar-refractivity contribution in [3.63, 3.8) is 0 Å². The molecule has 1 heterocycles. The number of carbonyl (C=O) groups excluding carboxylic acids is 2. The SMILES string of the molecule is COc1ccc(N2CCN(CC(=O)Nc3ccc(C(=O)N(C)C)cc3)CC2)cc1. The lowest BCUT2D eigenvalue weighted by Crippen LogP contribution is -2.48. The molecule has 1 aliphatic heterocycles. The topological polar surface area (TPSA) is 65.1 Å². The van der Waals surface area contributed by atoms with Crippen LogP contribution in [0.4, 0.5) is 11.4 Å². The highest BCUT2D eigenvalue weighted by Crippen LogP contribution is 2.20. The molecule has 3 rings (SSSR count). The lowest BCUT2D eigenvalue weighted by molar-refractivity contribution is -0.117. The summed E-state index contributed by atoms with van der Waals surface area (Å²) in [5.74, 6) is 0.746. The lowest BCUT2D eigenvalue weighted by Gasteiger charge is -2.35. The summed E-state index contributed by atoms with van der Waals surface area (Å²) in [5.41, 5.74) is 2.46. The predicted octanol–water partition coefficient (Wildman–Crippen LogP) is 2.16. The molecule has 0 bridgehead atoms. The molecule has 7 nitrogen and oxygen atoms in total. The zero-order chi connectivity index (χ0) is 20.8. The van der Waals surface area contributed by atoms with Crippen molar-refractivity contribution in [2.75, 3.05) is 64.1 Å². The van der Waals surface area contributed by atoms with Crippen LogP contribution >= 0.6 is 0 Å². The van der Waals surface area contributed by atoms with Gasteiger partial charge in [0.1, 0.15) is 5.75 Å².